The molecule has 0 aliphatic carbocycles. The first-order valence-corrected chi connectivity index (χ1v) is 8.92. The normalized spacial score (nSPS) is 13.8. The van der Waals surface area contributed by atoms with Crippen molar-refractivity contribution in [3.63, 3.8) is 0 Å². The van der Waals surface area contributed by atoms with E-state index in [0.717, 1.165) is 18.2 Å². The number of hydrogen-bond donors (Lipinski definition) is 0. The predicted molar refractivity (Wildman–Crippen MR) is 102 cm³/mol. The molecule has 0 amide bonds. The van der Waals surface area contributed by atoms with E-state index in [1.165, 1.54) is 14.7 Å². The molecule has 0 bridgehead atoms. The van der Waals surface area contributed by atoms with Crippen LogP contribution in [-0.4, -0.2) is 25.2 Å². The zero-order valence-electron chi connectivity index (χ0n) is 15.6. The summed E-state index contributed by atoms with van der Waals surface area (Å²) in [4.78, 5) is 32.4. The lowest BCUT2D eigenvalue weighted by Crippen LogP contribution is -2.40. The van der Waals surface area contributed by atoms with E-state index in [1.54, 1.807) is 7.05 Å². The third kappa shape index (κ3) is 2.38. The standard InChI is InChI=1S/C19H23N5O2/c1-12(2)11-24-17(25)15-16(21(4)19(24)26)20-18-22(9-10-23(15)18)14-7-5-13(3)6-8-14/h5-8,12H,9-11H2,1-4H3. The lowest BCUT2D eigenvalue weighted by molar-refractivity contribution is 0.484. The van der Waals surface area contributed by atoms with Gasteiger partial charge in [-0.2, -0.15) is 4.98 Å². The van der Waals surface area contributed by atoms with E-state index in [-0.39, 0.29) is 17.2 Å². The summed E-state index contributed by atoms with van der Waals surface area (Å²) in [6, 6.07) is 8.23. The Labute approximate surface area is 151 Å². The van der Waals surface area contributed by atoms with E-state index < -0.39 is 0 Å². The minimum absolute atomic E-state index is 0.211. The van der Waals surface area contributed by atoms with E-state index in [9.17, 15) is 9.59 Å². The van der Waals surface area contributed by atoms with Crippen LogP contribution in [0.5, 0.6) is 0 Å². The average Bonchev–Trinajstić information content (AvgIpc) is 3.16. The molecule has 0 fully saturated rings. The van der Waals surface area contributed by atoms with Crippen molar-refractivity contribution in [3.05, 3.63) is 50.7 Å². The molecule has 0 atom stereocenters. The van der Waals surface area contributed by atoms with Crippen molar-refractivity contribution >= 4 is 22.8 Å². The molecule has 3 heterocycles. The quantitative estimate of drug-likeness (QED) is 0.723. The largest absolute Gasteiger partial charge is 0.332 e. The molecule has 0 N–H and O–H groups in total. The van der Waals surface area contributed by atoms with Gasteiger partial charge in [-0.05, 0) is 25.0 Å². The third-order valence-corrected chi connectivity index (χ3v) is 4.89. The summed E-state index contributed by atoms with van der Waals surface area (Å²) in [6.07, 6.45) is 0. The maximum atomic E-state index is 13.0. The first kappa shape index (κ1) is 16.6. The lowest BCUT2D eigenvalue weighted by atomic mass is 10.2. The van der Waals surface area contributed by atoms with Gasteiger partial charge in [0.25, 0.3) is 5.56 Å². The van der Waals surface area contributed by atoms with Crippen LogP contribution in [-0.2, 0) is 20.1 Å². The van der Waals surface area contributed by atoms with Gasteiger partial charge < -0.3 is 9.47 Å². The Morgan fingerprint density at radius 1 is 1.12 bits per heavy atom. The number of benzene rings is 1. The lowest BCUT2D eigenvalue weighted by Gasteiger charge is -2.16. The number of rotatable bonds is 3. The second kappa shape index (κ2) is 5.86. The molecule has 7 heteroatoms. The Hall–Kier alpha value is -2.83. The van der Waals surface area contributed by atoms with E-state index in [2.05, 4.69) is 41.1 Å². The Kier molecular flexibility index (Phi) is 3.75. The molecule has 3 aromatic rings. The molecule has 1 aliphatic heterocycles. The number of imidazole rings is 1. The van der Waals surface area contributed by atoms with Gasteiger partial charge in [-0.3, -0.25) is 13.9 Å². The van der Waals surface area contributed by atoms with Gasteiger partial charge >= 0.3 is 5.69 Å². The van der Waals surface area contributed by atoms with Crippen LogP contribution in [0.25, 0.3) is 11.2 Å². The van der Waals surface area contributed by atoms with Gasteiger partial charge in [0, 0.05) is 32.4 Å². The maximum absolute atomic E-state index is 13.0. The van der Waals surface area contributed by atoms with Crippen LogP contribution in [0.4, 0.5) is 11.6 Å². The summed E-state index contributed by atoms with van der Waals surface area (Å²) in [5.74, 6) is 0.932. The van der Waals surface area contributed by atoms with Gasteiger partial charge in [0.1, 0.15) is 0 Å². The first-order valence-electron chi connectivity index (χ1n) is 8.92. The minimum Gasteiger partial charge on any atom is -0.310 e. The summed E-state index contributed by atoms with van der Waals surface area (Å²) in [5.41, 5.74) is 2.64. The summed E-state index contributed by atoms with van der Waals surface area (Å²) in [7, 11) is 1.68. The molecule has 0 radical (unpaired) electrons. The van der Waals surface area contributed by atoms with Gasteiger partial charge in [0.15, 0.2) is 11.2 Å². The number of fused-ring (bicyclic) bond motifs is 3. The fourth-order valence-corrected chi connectivity index (χ4v) is 3.57. The molecule has 1 aliphatic rings. The van der Waals surface area contributed by atoms with E-state index in [0.29, 0.717) is 24.3 Å². The fourth-order valence-electron chi connectivity index (χ4n) is 3.57. The highest BCUT2D eigenvalue weighted by Gasteiger charge is 2.28. The second-order valence-corrected chi connectivity index (χ2v) is 7.37. The maximum Gasteiger partial charge on any atom is 0.332 e. The van der Waals surface area contributed by atoms with Gasteiger partial charge in [0.05, 0.1) is 0 Å². The van der Waals surface area contributed by atoms with Crippen LogP contribution in [0.3, 0.4) is 0 Å². The summed E-state index contributed by atoms with van der Waals surface area (Å²) >= 11 is 0. The van der Waals surface area contributed by atoms with Crippen LogP contribution < -0.4 is 16.1 Å². The Morgan fingerprint density at radius 3 is 2.46 bits per heavy atom. The smallest absolute Gasteiger partial charge is 0.310 e. The molecular weight excluding hydrogens is 330 g/mol. The highest BCUT2D eigenvalue weighted by molar-refractivity contribution is 5.77. The SMILES string of the molecule is Cc1ccc(N2CCn3c2nc2c3c(=O)n(CC(C)C)c(=O)n2C)cc1. The van der Waals surface area contributed by atoms with E-state index in [1.807, 2.05) is 18.4 Å². The Bertz CT molecular complexity index is 1100. The fraction of sp³-hybridized carbons (Fsp3) is 0.421. The van der Waals surface area contributed by atoms with Crippen LogP contribution in [0, 0.1) is 12.8 Å². The highest BCUT2D eigenvalue weighted by Crippen LogP contribution is 2.31. The number of anilines is 2. The summed E-state index contributed by atoms with van der Waals surface area (Å²) in [6.45, 7) is 7.88. The van der Waals surface area contributed by atoms with Crippen molar-refractivity contribution in [2.24, 2.45) is 13.0 Å². The van der Waals surface area contributed by atoms with Gasteiger partial charge in [-0.1, -0.05) is 31.5 Å². The van der Waals surface area contributed by atoms with Crippen molar-refractivity contribution in [1.29, 1.82) is 0 Å². The molecule has 0 saturated heterocycles. The number of aryl methyl sites for hydroxylation is 2. The van der Waals surface area contributed by atoms with E-state index >= 15 is 0 Å². The monoisotopic (exact) mass is 353 g/mol. The van der Waals surface area contributed by atoms with Crippen LogP contribution >= 0.6 is 0 Å². The second-order valence-electron chi connectivity index (χ2n) is 7.37. The summed E-state index contributed by atoms with van der Waals surface area (Å²) < 4.78 is 4.75. The highest BCUT2D eigenvalue weighted by atomic mass is 16.2. The average molecular weight is 353 g/mol. The van der Waals surface area contributed by atoms with Gasteiger partial charge in [0.2, 0.25) is 5.95 Å². The van der Waals surface area contributed by atoms with Crippen molar-refractivity contribution < 1.29 is 0 Å². The molecule has 0 unspecified atom stereocenters. The van der Waals surface area contributed by atoms with Crippen molar-refractivity contribution in [2.45, 2.75) is 33.9 Å². The molecule has 7 nitrogen and oxygen atoms in total. The third-order valence-electron chi connectivity index (χ3n) is 4.89. The molecule has 0 saturated carbocycles. The molecule has 0 spiro atoms. The molecule has 136 valence electrons. The molecule has 1 aromatic carbocycles. The van der Waals surface area contributed by atoms with Crippen LogP contribution in [0.2, 0.25) is 0 Å². The topological polar surface area (TPSA) is 65.1 Å². The van der Waals surface area contributed by atoms with Gasteiger partial charge in [-0.25, -0.2) is 4.79 Å². The van der Waals surface area contributed by atoms with Crippen molar-refractivity contribution in [3.8, 4) is 0 Å². The van der Waals surface area contributed by atoms with Crippen LogP contribution in [0.15, 0.2) is 33.9 Å². The molecule has 2 aromatic heterocycles. The molecular formula is C19H23N5O2. The number of nitrogens with zero attached hydrogens (tertiary/aromatic N) is 5. The van der Waals surface area contributed by atoms with Crippen molar-refractivity contribution in [2.75, 3.05) is 11.4 Å². The van der Waals surface area contributed by atoms with E-state index in [4.69, 9.17) is 0 Å². The number of aromatic nitrogens is 4. The summed E-state index contributed by atoms with van der Waals surface area (Å²) in [5, 5.41) is 0. The first-order chi connectivity index (χ1) is 12.4. The van der Waals surface area contributed by atoms with Gasteiger partial charge in [-0.15, -0.1) is 0 Å². The molecule has 26 heavy (non-hydrogen) atoms. The van der Waals surface area contributed by atoms with Crippen molar-refractivity contribution in [1.82, 2.24) is 18.7 Å². The Balaban J connectivity index is 1.94. The zero-order valence-corrected chi connectivity index (χ0v) is 15.6. The molecule has 4 rings (SSSR count). The van der Waals surface area contributed by atoms with Crippen LogP contribution in [0.1, 0.15) is 19.4 Å². The zero-order chi connectivity index (χ0) is 18.6. The minimum atomic E-state index is -0.310. The Morgan fingerprint density at radius 2 is 1.81 bits per heavy atom. The predicted octanol–water partition coefficient (Wildman–Crippen LogP) is 2.01. The number of hydrogen-bond acceptors (Lipinski definition) is 4.